The van der Waals surface area contributed by atoms with Gasteiger partial charge in [-0.15, -0.1) is 0 Å². The standard InChI is InChI=1S/C15H11N3O/c19-10-5-6-13-11(8-10)15(18-17-13)14-7-9-3-1-2-4-12(9)16-14/h1-8,16,19H,(H,17,18). The predicted octanol–water partition coefficient (Wildman–Crippen LogP) is 3.42. The van der Waals surface area contributed by atoms with Gasteiger partial charge in [-0.1, -0.05) is 18.2 Å². The van der Waals surface area contributed by atoms with Crippen molar-refractivity contribution in [3.05, 3.63) is 48.5 Å². The van der Waals surface area contributed by atoms with Crippen LogP contribution in [0, 0.1) is 0 Å². The molecule has 0 aliphatic heterocycles. The zero-order valence-corrected chi connectivity index (χ0v) is 10.0. The van der Waals surface area contributed by atoms with Crippen molar-refractivity contribution < 1.29 is 5.11 Å². The number of aromatic hydroxyl groups is 1. The highest BCUT2D eigenvalue weighted by atomic mass is 16.3. The van der Waals surface area contributed by atoms with E-state index in [0.717, 1.165) is 33.2 Å². The minimum atomic E-state index is 0.242. The third kappa shape index (κ3) is 1.50. The topological polar surface area (TPSA) is 64.7 Å². The summed E-state index contributed by atoms with van der Waals surface area (Å²) in [7, 11) is 0. The fraction of sp³-hybridized carbons (Fsp3) is 0. The molecule has 0 atom stereocenters. The first-order valence-corrected chi connectivity index (χ1v) is 6.06. The van der Waals surface area contributed by atoms with Gasteiger partial charge in [0.2, 0.25) is 0 Å². The number of hydrogen-bond acceptors (Lipinski definition) is 2. The zero-order valence-electron chi connectivity index (χ0n) is 10.0. The van der Waals surface area contributed by atoms with Crippen LogP contribution < -0.4 is 0 Å². The molecule has 4 rings (SSSR count). The highest BCUT2D eigenvalue weighted by Crippen LogP contribution is 2.30. The number of nitrogens with one attached hydrogen (secondary N) is 2. The average Bonchev–Trinajstić information content (AvgIpc) is 3.00. The maximum atomic E-state index is 9.61. The van der Waals surface area contributed by atoms with Crippen molar-refractivity contribution in [2.45, 2.75) is 0 Å². The van der Waals surface area contributed by atoms with Gasteiger partial charge in [0.25, 0.3) is 0 Å². The molecule has 0 saturated heterocycles. The Hall–Kier alpha value is -2.75. The molecule has 3 N–H and O–H groups in total. The summed E-state index contributed by atoms with van der Waals surface area (Å²) in [6.07, 6.45) is 0. The van der Waals surface area contributed by atoms with Crippen molar-refractivity contribution in [2.24, 2.45) is 0 Å². The molecule has 0 bridgehead atoms. The molecule has 0 unspecified atom stereocenters. The molecule has 0 aliphatic rings. The van der Waals surface area contributed by atoms with Crippen molar-refractivity contribution in [2.75, 3.05) is 0 Å². The van der Waals surface area contributed by atoms with E-state index in [1.54, 1.807) is 12.1 Å². The molecule has 4 aromatic rings. The van der Waals surface area contributed by atoms with Gasteiger partial charge in [0.05, 0.1) is 11.2 Å². The molecule has 0 radical (unpaired) electrons. The van der Waals surface area contributed by atoms with Crippen molar-refractivity contribution >= 4 is 21.8 Å². The minimum absolute atomic E-state index is 0.242. The Morgan fingerprint density at radius 2 is 1.84 bits per heavy atom. The van der Waals surface area contributed by atoms with E-state index >= 15 is 0 Å². The van der Waals surface area contributed by atoms with Crippen molar-refractivity contribution in [3.8, 4) is 17.1 Å². The van der Waals surface area contributed by atoms with E-state index in [1.807, 2.05) is 24.3 Å². The van der Waals surface area contributed by atoms with Crippen LogP contribution >= 0.6 is 0 Å². The van der Waals surface area contributed by atoms with Crippen LogP contribution in [0.15, 0.2) is 48.5 Å². The van der Waals surface area contributed by atoms with Gasteiger partial charge in [0, 0.05) is 16.3 Å². The molecule has 0 fully saturated rings. The summed E-state index contributed by atoms with van der Waals surface area (Å²) in [5.74, 6) is 0.242. The van der Waals surface area contributed by atoms with Gasteiger partial charge in [-0.25, -0.2) is 0 Å². The first-order chi connectivity index (χ1) is 9.31. The van der Waals surface area contributed by atoms with Gasteiger partial charge in [-0.3, -0.25) is 5.10 Å². The zero-order chi connectivity index (χ0) is 12.8. The first-order valence-electron chi connectivity index (χ1n) is 6.06. The molecule has 0 spiro atoms. The van der Waals surface area contributed by atoms with Crippen LogP contribution in [-0.2, 0) is 0 Å². The quantitative estimate of drug-likeness (QED) is 0.484. The number of hydrogen-bond donors (Lipinski definition) is 3. The lowest BCUT2D eigenvalue weighted by Gasteiger charge is -1.94. The van der Waals surface area contributed by atoms with Gasteiger partial charge >= 0.3 is 0 Å². The Morgan fingerprint density at radius 1 is 0.947 bits per heavy atom. The Kier molecular flexibility index (Phi) is 1.94. The molecule has 2 heterocycles. The maximum Gasteiger partial charge on any atom is 0.116 e. The van der Waals surface area contributed by atoms with E-state index < -0.39 is 0 Å². The van der Waals surface area contributed by atoms with Crippen LogP contribution in [0.4, 0.5) is 0 Å². The average molecular weight is 249 g/mol. The van der Waals surface area contributed by atoms with E-state index in [2.05, 4.69) is 27.3 Å². The fourth-order valence-electron chi connectivity index (χ4n) is 2.41. The van der Waals surface area contributed by atoms with Crippen molar-refractivity contribution in [1.82, 2.24) is 15.2 Å². The summed E-state index contributed by atoms with van der Waals surface area (Å²) >= 11 is 0. The fourth-order valence-corrected chi connectivity index (χ4v) is 2.41. The summed E-state index contributed by atoms with van der Waals surface area (Å²) in [6.45, 7) is 0. The van der Waals surface area contributed by atoms with Crippen LogP contribution in [0.25, 0.3) is 33.2 Å². The van der Waals surface area contributed by atoms with Crippen molar-refractivity contribution in [3.63, 3.8) is 0 Å². The SMILES string of the molecule is Oc1ccc2[nH]nc(-c3cc4ccccc4[nH]3)c2c1. The van der Waals surface area contributed by atoms with Gasteiger partial charge in [-0.2, -0.15) is 5.10 Å². The number of H-pyrrole nitrogens is 2. The number of phenols is 1. The monoisotopic (exact) mass is 249 g/mol. The first kappa shape index (κ1) is 10.2. The van der Waals surface area contributed by atoms with Gasteiger partial charge in [0.1, 0.15) is 11.4 Å². The second-order valence-corrected chi connectivity index (χ2v) is 4.57. The predicted molar refractivity (Wildman–Crippen MR) is 75.1 cm³/mol. The second-order valence-electron chi connectivity index (χ2n) is 4.57. The number of aromatic nitrogens is 3. The second kappa shape index (κ2) is 3.62. The third-order valence-corrected chi connectivity index (χ3v) is 3.33. The summed E-state index contributed by atoms with van der Waals surface area (Å²) in [6, 6.07) is 15.4. The maximum absolute atomic E-state index is 9.61. The van der Waals surface area contributed by atoms with Crippen LogP contribution in [0.2, 0.25) is 0 Å². The van der Waals surface area contributed by atoms with Crippen molar-refractivity contribution in [1.29, 1.82) is 0 Å². The summed E-state index contributed by atoms with van der Waals surface area (Å²) in [5, 5.41) is 19.0. The molecule has 2 aromatic heterocycles. The normalized spacial score (nSPS) is 11.4. The summed E-state index contributed by atoms with van der Waals surface area (Å²) in [5.41, 5.74) is 3.75. The van der Waals surface area contributed by atoms with Crippen LogP contribution in [0.5, 0.6) is 5.75 Å². The molecule has 92 valence electrons. The number of aromatic amines is 2. The van der Waals surface area contributed by atoms with Crippen LogP contribution in [0.3, 0.4) is 0 Å². The van der Waals surface area contributed by atoms with E-state index in [1.165, 1.54) is 0 Å². The number of fused-ring (bicyclic) bond motifs is 2. The van der Waals surface area contributed by atoms with E-state index in [9.17, 15) is 5.11 Å². The highest BCUT2D eigenvalue weighted by Gasteiger charge is 2.11. The number of rotatable bonds is 1. The minimum Gasteiger partial charge on any atom is -0.508 e. The molecular formula is C15H11N3O. The summed E-state index contributed by atoms with van der Waals surface area (Å²) < 4.78 is 0. The molecule has 0 amide bonds. The summed E-state index contributed by atoms with van der Waals surface area (Å²) in [4.78, 5) is 3.35. The molecule has 0 saturated carbocycles. The lowest BCUT2D eigenvalue weighted by molar-refractivity contribution is 0.476. The molecule has 19 heavy (non-hydrogen) atoms. The molecule has 0 aliphatic carbocycles. The Bertz CT molecular complexity index is 856. The number of nitrogens with zero attached hydrogens (tertiary/aromatic N) is 1. The lowest BCUT2D eigenvalue weighted by Crippen LogP contribution is -1.77. The Morgan fingerprint density at radius 3 is 2.74 bits per heavy atom. The molecule has 4 heteroatoms. The third-order valence-electron chi connectivity index (χ3n) is 3.33. The van der Waals surface area contributed by atoms with Crippen LogP contribution in [0.1, 0.15) is 0 Å². The highest BCUT2D eigenvalue weighted by molar-refractivity contribution is 5.96. The molecule has 2 aromatic carbocycles. The van der Waals surface area contributed by atoms with Crippen LogP contribution in [-0.4, -0.2) is 20.3 Å². The smallest absolute Gasteiger partial charge is 0.116 e. The largest absolute Gasteiger partial charge is 0.508 e. The van der Waals surface area contributed by atoms with Gasteiger partial charge in [0.15, 0.2) is 0 Å². The lowest BCUT2D eigenvalue weighted by atomic mass is 10.1. The molecular weight excluding hydrogens is 238 g/mol. The van der Waals surface area contributed by atoms with E-state index in [0.29, 0.717) is 0 Å². The van der Waals surface area contributed by atoms with E-state index in [-0.39, 0.29) is 5.75 Å². The number of para-hydroxylation sites is 1. The Labute approximate surface area is 108 Å². The van der Waals surface area contributed by atoms with E-state index in [4.69, 9.17) is 0 Å². The number of phenolic OH excluding ortho intramolecular Hbond substituents is 1. The Balaban J connectivity index is 2.00. The number of benzene rings is 2. The molecule has 4 nitrogen and oxygen atoms in total. The van der Waals surface area contributed by atoms with Gasteiger partial charge < -0.3 is 10.1 Å². The van der Waals surface area contributed by atoms with Gasteiger partial charge in [-0.05, 0) is 30.3 Å².